The molecule has 3 nitrogen and oxygen atoms in total. The van der Waals surface area contributed by atoms with Crippen LogP contribution in [0.4, 0.5) is 0 Å². The van der Waals surface area contributed by atoms with E-state index in [4.69, 9.17) is 28.3 Å². The zero-order valence-corrected chi connectivity index (χ0v) is 13.3. The Bertz CT molecular complexity index is 341. The first-order chi connectivity index (χ1) is 9.58. The second kappa shape index (κ2) is 10.4. The summed E-state index contributed by atoms with van der Waals surface area (Å²) in [4.78, 5) is 0. The van der Waals surface area contributed by atoms with Crippen LogP contribution in [0.3, 0.4) is 0 Å². The fourth-order valence-electron chi connectivity index (χ4n) is 1.92. The van der Waals surface area contributed by atoms with Crippen molar-refractivity contribution >= 4 is 23.2 Å². The minimum absolute atomic E-state index is 0.203. The quantitative estimate of drug-likeness (QED) is 0.434. The molecule has 114 valence electrons. The van der Waals surface area contributed by atoms with Gasteiger partial charge in [0.2, 0.25) is 4.52 Å². The van der Waals surface area contributed by atoms with Crippen molar-refractivity contribution in [1.82, 2.24) is 10.6 Å². The van der Waals surface area contributed by atoms with Gasteiger partial charge in [0.25, 0.3) is 0 Å². The average Bonchev–Trinajstić information content (AvgIpc) is 2.41. The van der Waals surface area contributed by atoms with Crippen LogP contribution in [0.2, 0.25) is 0 Å². The first-order valence-corrected chi connectivity index (χ1v) is 7.89. The molecule has 0 unspecified atom stereocenters. The lowest BCUT2D eigenvalue weighted by Gasteiger charge is -2.12. The molecule has 3 N–H and O–H groups in total. The van der Waals surface area contributed by atoms with E-state index in [1.165, 1.54) is 24.8 Å². The van der Waals surface area contributed by atoms with Crippen molar-refractivity contribution in [3.63, 3.8) is 0 Å². The first-order valence-electron chi connectivity index (χ1n) is 7.13. The van der Waals surface area contributed by atoms with Crippen LogP contribution in [0, 0.1) is 0 Å². The SMILES string of the molecule is OC(Cl)(Cl)CNCCCCCCNCc1ccccc1. The van der Waals surface area contributed by atoms with Crippen LogP contribution in [0.25, 0.3) is 0 Å². The highest BCUT2D eigenvalue weighted by Crippen LogP contribution is 2.14. The van der Waals surface area contributed by atoms with E-state index in [0.29, 0.717) is 0 Å². The minimum Gasteiger partial charge on any atom is -0.362 e. The Morgan fingerprint density at radius 3 is 2.10 bits per heavy atom. The minimum atomic E-state index is -1.65. The third-order valence-corrected chi connectivity index (χ3v) is 3.23. The number of unbranched alkanes of at least 4 members (excludes halogenated alkanes) is 3. The van der Waals surface area contributed by atoms with Gasteiger partial charge in [0.05, 0.1) is 6.54 Å². The predicted molar refractivity (Wildman–Crippen MR) is 86.1 cm³/mol. The van der Waals surface area contributed by atoms with Gasteiger partial charge in [0.15, 0.2) is 0 Å². The van der Waals surface area contributed by atoms with Crippen molar-refractivity contribution in [2.24, 2.45) is 0 Å². The number of halogens is 2. The zero-order chi connectivity index (χ0) is 14.7. The number of hydrogen-bond acceptors (Lipinski definition) is 3. The van der Waals surface area contributed by atoms with Gasteiger partial charge in [0, 0.05) is 6.54 Å². The number of rotatable bonds is 11. The lowest BCUT2D eigenvalue weighted by atomic mass is 10.2. The molecule has 1 rings (SSSR count). The summed E-state index contributed by atoms with van der Waals surface area (Å²) in [6.45, 7) is 3.02. The summed E-state index contributed by atoms with van der Waals surface area (Å²) in [6, 6.07) is 10.4. The second-order valence-electron chi connectivity index (χ2n) is 4.92. The van der Waals surface area contributed by atoms with E-state index >= 15 is 0 Å². The van der Waals surface area contributed by atoms with Crippen LogP contribution >= 0.6 is 23.2 Å². The van der Waals surface area contributed by atoms with Crippen LogP contribution in [-0.2, 0) is 6.54 Å². The molecule has 0 bridgehead atoms. The van der Waals surface area contributed by atoms with Crippen molar-refractivity contribution in [2.45, 2.75) is 36.7 Å². The van der Waals surface area contributed by atoms with E-state index in [2.05, 4.69) is 34.9 Å². The van der Waals surface area contributed by atoms with E-state index in [9.17, 15) is 0 Å². The van der Waals surface area contributed by atoms with Crippen LogP contribution in [0.1, 0.15) is 31.2 Å². The largest absolute Gasteiger partial charge is 0.362 e. The third-order valence-electron chi connectivity index (χ3n) is 2.97. The molecule has 0 atom stereocenters. The third kappa shape index (κ3) is 10.5. The molecule has 0 spiro atoms. The van der Waals surface area contributed by atoms with Crippen molar-refractivity contribution in [3.8, 4) is 0 Å². The topological polar surface area (TPSA) is 44.3 Å². The molecule has 0 saturated heterocycles. The van der Waals surface area contributed by atoms with Crippen molar-refractivity contribution in [2.75, 3.05) is 19.6 Å². The van der Waals surface area contributed by atoms with Gasteiger partial charge >= 0.3 is 0 Å². The highest BCUT2D eigenvalue weighted by molar-refractivity contribution is 6.47. The molecule has 0 amide bonds. The van der Waals surface area contributed by atoms with Gasteiger partial charge < -0.3 is 15.7 Å². The molecule has 0 aliphatic heterocycles. The Labute approximate surface area is 131 Å². The van der Waals surface area contributed by atoms with E-state index < -0.39 is 4.52 Å². The van der Waals surface area contributed by atoms with E-state index in [1.54, 1.807) is 0 Å². The van der Waals surface area contributed by atoms with E-state index in [-0.39, 0.29) is 6.54 Å². The van der Waals surface area contributed by atoms with E-state index in [1.807, 2.05) is 6.07 Å². The molecule has 0 heterocycles. The fraction of sp³-hybridized carbons (Fsp3) is 0.600. The van der Waals surface area contributed by atoms with Crippen molar-refractivity contribution < 1.29 is 5.11 Å². The number of benzene rings is 1. The molecule has 0 aromatic heterocycles. The molecule has 20 heavy (non-hydrogen) atoms. The number of aliphatic hydroxyl groups is 1. The van der Waals surface area contributed by atoms with Gasteiger partial charge in [-0.05, 0) is 31.5 Å². The van der Waals surface area contributed by atoms with Crippen LogP contribution in [-0.4, -0.2) is 29.3 Å². The number of alkyl halides is 2. The van der Waals surface area contributed by atoms with Crippen LogP contribution in [0.15, 0.2) is 30.3 Å². The average molecular weight is 319 g/mol. The molecule has 1 aromatic carbocycles. The normalized spacial score (nSPS) is 11.8. The fourth-order valence-corrected chi connectivity index (χ4v) is 2.11. The van der Waals surface area contributed by atoms with Crippen LogP contribution in [0.5, 0.6) is 0 Å². The summed E-state index contributed by atoms with van der Waals surface area (Å²) >= 11 is 10.9. The monoisotopic (exact) mass is 318 g/mol. The van der Waals surface area contributed by atoms with Gasteiger partial charge in [-0.15, -0.1) is 0 Å². The summed E-state index contributed by atoms with van der Waals surface area (Å²) in [5.74, 6) is 0. The molecule has 0 aliphatic carbocycles. The first kappa shape index (κ1) is 17.7. The van der Waals surface area contributed by atoms with Gasteiger partial charge in [-0.2, -0.15) is 0 Å². The maximum absolute atomic E-state index is 9.07. The Hall–Kier alpha value is -0.320. The van der Waals surface area contributed by atoms with Gasteiger partial charge in [-0.25, -0.2) is 0 Å². The van der Waals surface area contributed by atoms with Crippen molar-refractivity contribution in [3.05, 3.63) is 35.9 Å². The summed E-state index contributed by atoms with van der Waals surface area (Å²) < 4.78 is -1.65. The molecular weight excluding hydrogens is 295 g/mol. The standard InChI is InChI=1S/C15H24Cl2N2O/c16-15(17,20)13-19-11-7-2-1-6-10-18-12-14-8-4-3-5-9-14/h3-5,8-9,18-20H,1-2,6-7,10-13H2. The summed E-state index contributed by atoms with van der Waals surface area (Å²) in [7, 11) is 0. The summed E-state index contributed by atoms with van der Waals surface area (Å²) in [5, 5.41) is 15.5. The molecule has 0 saturated carbocycles. The predicted octanol–water partition coefficient (Wildman–Crippen LogP) is 3.05. The van der Waals surface area contributed by atoms with Crippen molar-refractivity contribution in [1.29, 1.82) is 0 Å². The smallest absolute Gasteiger partial charge is 0.227 e. The van der Waals surface area contributed by atoms with Gasteiger partial charge in [-0.1, -0.05) is 66.4 Å². The van der Waals surface area contributed by atoms with Gasteiger partial charge in [0.1, 0.15) is 0 Å². The van der Waals surface area contributed by atoms with E-state index in [0.717, 1.165) is 26.1 Å². The molecule has 0 fully saturated rings. The Balaban J connectivity index is 1.83. The molecule has 0 aliphatic rings. The van der Waals surface area contributed by atoms with Crippen LogP contribution < -0.4 is 10.6 Å². The number of nitrogens with one attached hydrogen (secondary N) is 2. The Morgan fingerprint density at radius 2 is 1.50 bits per heavy atom. The summed E-state index contributed by atoms with van der Waals surface area (Å²) in [5.41, 5.74) is 1.33. The molecule has 1 aromatic rings. The lowest BCUT2D eigenvalue weighted by Crippen LogP contribution is -2.31. The maximum Gasteiger partial charge on any atom is 0.227 e. The Kier molecular flexibility index (Phi) is 9.23. The highest BCUT2D eigenvalue weighted by Gasteiger charge is 2.17. The highest BCUT2D eigenvalue weighted by atomic mass is 35.5. The Morgan fingerprint density at radius 1 is 0.900 bits per heavy atom. The van der Waals surface area contributed by atoms with Gasteiger partial charge in [-0.3, -0.25) is 0 Å². The molecular formula is C15H24Cl2N2O. The molecule has 0 radical (unpaired) electrons. The second-order valence-corrected chi connectivity index (χ2v) is 6.36. The number of hydrogen-bond donors (Lipinski definition) is 3. The molecule has 5 heteroatoms. The lowest BCUT2D eigenvalue weighted by molar-refractivity contribution is 0.210. The zero-order valence-electron chi connectivity index (χ0n) is 11.7. The maximum atomic E-state index is 9.07. The summed E-state index contributed by atoms with van der Waals surface area (Å²) in [6.07, 6.45) is 4.63.